The fourth-order valence-electron chi connectivity index (χ4n) is 3.58. The monoisotopic (exact) mass is 415 g/mol. The Hall–Kier alpha value is -2.71. The molecule has 2 atom stereocenters. The van der Waals surface area contributed by atoms with Crippen molar-refractivity contribution in [2.75, 3.05) is 13.1 Å². The third-order valence-corrected chi connectivity index (χ3v) is 6.76. The van der Waals surface area contributed by atoms with Crippen molar-refractivity contribution in [3.8, 4) is 0 Å². The number of carbonyl (C=O) groups excluding carboxylic acids is 2. The summed E-state index contributed by atoms with van der Waals surface area (Å²) < 4.78 is 27.3. The first-order valence-corrected chi connectivity index (χ1v) is 11.0. The maximum absolute atomic E-state index is 12.9. The van der Waals surface area contributed by atoms with Crippen LogP contribution < -0.4 is 10.9 Å². The van der Waals surface area contributed by atoms with Crippen molar-refractivity contribution < 1.29 is 18.0 Å². The van der Waals surface area contributed by atoms with Gasteiger partial charge in [0, 0.05) is 24.2 Å². The largest absolute Gasteiger partial charge is 0.269 e. The van der Waals surface area contributed by atoms with Crippen LogP contribution in [0.2, 0.25) is 0 Å². The molecule has 0 radical (unpaired) electrons. The fraction of sp³-hybridized carbons (Fsp3) is 0.333. The van der Waals surface area contributed by atoms with Crippen molar-refractivity contribution >= 4 is 21.8 Å². The lowest BCUT2D eigenvalue weighted by Crippen LogP contribution is -2.42. The highest BCUT2D eigenvalue weighted by molar-refractivity contribution is 7.89. The molecule has 0 unspecified atom stereocenters. The van der Waals surface area contributed by atoms with Crippen LogP contribution in [-0.4, -0.2) is 37.6 Å². The number of amides is 2. The lowest BCUT2D eigenvalue weighted by molar-refractivity contribution is 0.0846. The normalized spacial score (nSPS) is 20.1. The molecule has 0 aromatic heterocycles. The van der Waals surface area contributed by atoms with Crippen LogP contribution in [0.1, 0.15) is 41.0 Å². The minimum Gasteiger partial charge on any atom is -0.267 e. The molecule has 3 rings (SSSR count). The van der Waals surface area contributed by atoms with E-state index in [1.807, 2.05) is 0 Å². The highest BCUT2D eigenvalue weighted by Crippen LogP contribution is 2.26. The molecule has 29 heavy (non-hydrogen) atoms. The minimum absolute atomic E-state index is 0.156. The molecule has 0 saturated carbocycles. The molecule has 2 N–H and O–H groups in total. The fourth-order valence-corrected chi connectivity index (χ4v) is 5.26. The highest BCUT2D eigenvalue weighted by atomic mass is 32.2. The third-order valence-electron chi connectivity index (χ3n) is 4.92. The van der Waals surface area contributed by atoms with Gasteiger partial charge in [0.05, 0.1) is 4.90 Å². The Morgan fingerprint density at radius 3 is 1.83 bits per heavy atom. The van der Waals surface area contributed by atoms with Gasteiger partial charge >= 0.3 is 0 Å². The van der Waals surface area contributed by atoms with E-state index >= 15 is 0 Å². The number of hydrogen-bond donors (Lipinski definition) is 2. The lowest BCUT2D eigenvalue weighted by Gasteiger charge is -2.34. The minimum atomic E-state index is -3.60. The number of nitrogens with zero attached hydrogens (tertiary/aromatic N) is 1. The van der Waals surface area contributed by atoms with Gasteiger partial charge in [0.2, 0.25) is 10.0 Å². The number of sulfonamides is 1. The number of hydrazine groups is 1. The quantitative estimate of drug-likeness (QED) is 0.750. The van der Waals surface area contributed by atoms with E-state index in [2.05, 4.69) is 24.7 Å². The van der Waals surface area contributed by atoms with Crippen LogP contribution in [-0.2, 0) is 10.0 Å². The molecular formula is C21H25N3O4S. The van der Waals surface area contributed by atoms with Crippen molar-refractivity contribution in [3.63, 3.8) is 0 Å². The van der Waals surface area contributed by atoms with Crippen LogP contribution in [0.25, 0.3) is 0 Å². The van der Waals surface area contributed by atoms with E-state index in [1.54, 1.807) is 30.3 Å². The van der Waals surface area contributed by atoms with E-state index in [0.717, 1.165) is 6.42 Å². The molecule has 0 aliphatic carbocycles. The second-order valence-corrected chi connectivity index (χ2v) is 9.50. The van der Waals surface area contributed by atoms with E-state index in [9.17, 15) is 18.0 Å². The molecule has 2 aromatic carbocycles. The van der Waals surface area contributed by atoms with Crippen molar-refractivity contribution in [2.45, 2.75) is 25.2 Å². The van der Waals surface area contributed by atoms with Gasteiger partial charge in [-0.1, -0.05) is 32.0 Å². The Labute approximate surface area is 171 Å². The summed E-state index contributed by atoms with van der Waals surface area (Å²) in [5.41, 5.74) is 5.33. The van der Waals surface area contributed by atoms with Gasteiger partial charge in [-0.2, -0.15) is 4.31 Å². The van der Waals surface area contributed by atoms with Crippen molar-refractivity contribution in [1.29, 1.82) is 0 Å². The zero-order valence-corrected chi connectivity index (χ0v) is 17.3. The van der Waals surface area contributed by atoms with E-state index < -0.39 is 21.8 Å². The van der Waals surface area contributed by atoms with Crippen molar-refractivity contribution in [2.24, 2.45) is 11.8 Å². The third kappa shape index (κ3) is 5.02. The van der Waals surface area contributed by atoms with Crippen LogP contribution in [0, 0.1) is 11.8 Å². The summed E-state index contributed by atoms with van der Waals surface area (Å²) in [6, 6.07) is 14.2. The zero-order valence-electron chi connectivity index (χ0n) is 16.5. The van der Waals surface area contributed by atoms with Crippen LogP contribution in [0.3, 0.4) is 0 Å². The smallest absolute Gasteiger partial charge is 0.267 e. The van der Waals surface area contributed by atoms with Gasteiger partial charge in [-0.3, -0.25) is 20.4 Å². The molecule has 8 heteroatoms. The number of carbonyl (C=O) groups is 2. The molecular weight excluding hydrogens is 390 g/mol. The number of benzene rings is 2. The van der Waals surface area contributed by atoms with Crippen LogP contribution in [0.5, 0.6) is 0 Å². The summed E-state index contributed by atoms with van der Waals surface area (Å²) in [7, 11) is -3.60. The van der Waals surface area contributed by atoms with Gasteiger partial charge in [0.1, 0.15) is 0 Å². The summed E-state index contributed by atoms with van der Waals surface area (Å²) in [6.45, 7) is 5.10. The molecule has 1 heterocycles. The summed E-state index contributed by atoms with van der Waals surface area (Å²) in [4.78, 5) is 24.4. The number of rotatable bonds is 4. The van der Waals surface area contributed by atoms with Gasteiger partial charge in [-0.25, -0.2) is 8.42 Å². The van der Waals surface area contributed by atoms with Gasteiger partial charge in [-0.05, 0) is 54.7 Å². The van der Waals surface area contributed by atoms with Gasteiger partial charge in [0.15, 0.2) is 0 Å². The maximum Gasteiger partial charge on any atom is 0.269 e. The van der Waals surface area contributed by atoms with E-state index in [4.69, 9.17) is 0 Å². The summed E-state index contributed by atoms with van der Waals surface area (Å²) >= 11 is 0. The first-order chi connectivity index (χ1) is 13.8. The molecule has 1 aliphatic heterocycles. The highest BCUT2D eigenvalue weighted by Gasteiger charge is 2.31. The Bertz CT molecular complexity index is 965. The van der Waals surface area contributed by atoms with Crippen LogP contribution in [0.15, 0.2) is 59.5 Å². The van der Waals surface area contributed by atoms with Gasteiger partial charge in [0.25, 0.3) is 11.8 Å². The average Bonchev–Trinajstić information content (AvgIpc) is 2.71. The summed E-state index contributed by atoms with van der Waals surface area (Å²) in [5, 5.41) is 0. The van der Waals surface area contributed by atoms with E-state index in [1.165, 1.54) is 28.6 Å². The molecule has 154 valence electrons. The number of piperidine rings is 1. The molecule has 0 bridgehead atoms. The Kier molecular flexibility index (Phi) is 6.34. The molecule has 2 amide bonds. The zero-order chi connectivity index (χ0) is 21.0. The van der Waals surface area contributed by atoms with Crippen LogP contribution >= 0.6 is 0 Å². The van der Waals surface area contributed by atoms with Gasteiger partial charge in [-0.15, -0.1) is 0 Å². The molecule has 2 aromatic rings. The van der Waals surface area contributed by atoms with E-state index in [0.29, 0.717) is 30.5 Å². The lowest BCUT2D eigenvalue weighted by atomic mass is 9.94. The maximum atomic E-state index is 12.9. The van der Waals surface area contributed by atoms with Crippen molar-refractivity contribution in [3.05, 3.63) is 65.7 Å². The second-order valence-electron chi connectivity index (χ2n) is 7.57. The van der Waals surface area contributed by atoms with Crippen molar-refractivity contribution in [1.82, 2.24) is 15.2 Å². The Balaban J connectivity index is 1.64. The summed E-state index contributed by atoms with van der Waals surface area (Å²) in [5.74, 6) is -0.344. The van der Waals surface area contributed by atoms with Gasteiger partial charge < -0.3 is 0 Å². The number of hydrogen-bond acceptors (Lipinski definition) is 4. The predicted octanol–water partition coefficient (Wildman–Crippen LogP) is 2.43. The van der Waals surface area contributed by atoms with E-state index in [-0.39, 0.29) is 10.5 Å². The molecule has 7 nitrogen and oxygen atoms in total. The SMILES string of the molecule is C[C@H]1C[C@H](C)CN(S(=O)(=O)c2ccc(C(=O)NNC(=O)c3ccccc3)cc2)C1. The molecule has 0 spiro atoms. The first-order valence-electron chi connectivity index (χ1n) is 9.53. The molecule has 1 saturated heterocycles. The predicted molar refractivity (Wildman–Crippen MR) is 110 cm³/mol. The second kappa shape index (κ2) is 8.75. The standard InChI is InChI=1S/C21H25N3O4S/c1-15-12-16(2)14-24(13-15)29(27,28)19-10-8-18(9-11-19)21(26)23-22-20(25)17-6-4-3-5-7-17/h3-11,15-16H,12-14H2,1-2H3,(H,22,25)(H,23,26)/t15-,16-/m0/s1. The first kappa shape index (κ1) is 21.0. The van der Waals surface area contributed by atoms with Crippen LogP contribution in [0.4, 0.5) is 0 Å². The topological polar surface area (TPSA) is 95.6 Å². The Morgan fingerprint density at radius 1 is 0.828 bits per heavy atom. The summed E-state index contributed by atoms with van der Waals surface area (Å²) in [6.07, 6.45) is 1.01. The molecule has 1 fully saturated rings. The number of nitrogens with one attached hydrogen (secondary N) is 2. The average molecular weight is 416 g/mol. The molecule has 1 aliphatic rings. The Morgan fingerprint density at radius 2 is 1.31 bits per heavy atom.